The highest BCUT2D eigenvalue weighted by atomic mass is 16.3. The Kier molecular flexibility index (Phi) is 8.76. The number of aliphatic hydroxyl groups excluding tert-OH is 1. The smallest absolute Gasteiger partial charge is 0.324 e. The van der Waals surface area contributed by atoms with Crippen LogP contribution in [0.4, 0.5) is 10.5 Å². The summed E-state index contributed by atoms with van der Waals surface area (Å²) >= 11 is 0. The van der Waals surface area contributed by atoms with Crippen molar-refractivity contribution in [3.05, 3.63) is 29.3 Å². The van der Waals surface area contributed by atoms with Crippen molar-refractivity contribution in [2.24, 2.45) is 17.8 Å². The minimum atomic E-state index is -0.966. The standard InChI is InChI=1S/C30H45N5O4/c1-20(4-3-13-31-2)24-11-12-26-25(18-24)29(38)35(30(39)32-26)19-21-5-7-22(8-6-21)27(36)33-14-16-34(17-15-33)28(37)23-9-10-23/h11-12,18,20-23,29,31,38H,3-10,13-17,19H2,1-2H3,(H,32,39). The summed E-state index contributed by atoms with van der Waals surface area (Å²) in [7, 11) is 1.96. The molecule has 1 saturated heterocycles. The van der Waals surface area contributed by atoms with Crippen LogP contribution >= 0.6 is 0 Å². The van der Waals surface area contributed by atoms with Gasteiger partial charge in [0.15, 0.2) is 6.23 Å². The molecule has 39 heavy (non-hydrogen) atoms. The number of nitrogens with zero attached hydrogens (tertiary/aromatic N) is 3. The average molecular weight is 540 g/mol. The summed E-state index contributed by atoms with van der Waals surface area (Å²) in [6.07, 6.45) is 6.55. The number of piperazine rings is 1. The maximum absolute atomic E-state index is 13.2. The second kappa shape index (κ2) is 12.3. The van der Waals surface area contributed by atoms with Crippen LogP contribution in [-0.4, -0.2) is 84.0 Å². The fraction of sp³-hybridized carbons (Fsp3) is 0.700. The molecule has 1 aromatic rings. The molecule has 2 aliphatic carbocycles. The van der Waals surface area contributed by atoms with Gasteiger partial charge in [-0.05, 0) is 94.5 Å². The first kappa shape index (κ1) is 27.9. The van der Waals surface area contributed by atoms with Crippen molar-refractivity contribution in [1.29, 1.82) is 0 Å². The number of hydrogen-bond acceptors (Lipinski definition) is 5. The highest BCUT2D eigenvalue weighted by molar-refractivity contribution is 5.93. The Balaban J connectivity index is 1.12. The first-order valence-electron chi connectivity index (χ1n) is 15.0. The van der Waals surface area contributed by atoms with Crippen molar-refractivity contribution in [1.82, 2.24) is 20.0 Å². The average Bonchev–Trinajstić information content (AvgIpc) is 3.81. The van der Waals surface area contributed by atoms with Crippen LogP contribution < -0.4 is 10.6 Å². The zero-order chi connectivity index (χ0) is 27.5. The third kappa shape index (κ3) is 6.40. The minimum absolute atomic E-state index is 0.0136. The van der Waals surface area contributed by atoms with Gasteiger partial charge in [0.2, 0.25) is 11.8 Å². The van der Waals surface area contributed by atoms with Crippen molar-refractivity contribution in [2.75, 3.05) is 51.6 Å². The van der Waals surface area contributed by atoms with Crippen LogP contribution in [0.3, 0.4) is 0 Å². The van der Waals surface area contributed by atoms with E-state index in [-0.39, 0.29) is 35.6 Å². The van der Waals surface area contributed by atoms with Gasteiger partial charge in [-0.2, -0.15) is 0 Å². The topological polar surface area (TPSA) is 105 Å². The molecule has 9 nitrogen and oxygen atoms in total. The monoisotopic (exact) mass is 539 g/mol. The fourth-order valence-electron chi connectivity index (χ4n) is 6.48. The summed E-state index contributed by atoms with van der Waals surface area (Å²) in [5.41, 5.74) is 2.62. The largest absolute Gasteiger partial charge is 0.369 e. The Morgan fingerprint density at radius 1 is 1.00 bits per heavy atom. The van der Waals surface area contributed by atoms with Gasteiger partial charge in [-0.25, -0.2) is 4.79 Å². The molecule has 2 heterocycles. The van der Waals surface area contributed by atoms with Crippen molar-refractivity contribution < 1.29 is 19.5 Å². The summed E-state index contributed by atoms with van der Waals surface area (Å²) in [6.45, 7) is 6.23. The molecule has 1 aromatic carbocycles. The van der Waals surface area contributed by atoms with Gasteiger partial charge in [-0.15, -0.1) is 0 Å². The van der Waals surface area contributed by atoms with Crippen LogP contribution in [0.5, 0.6) is 0 Å². The first-order valence-corrected chi connectivity index (χ1v) is 15.0. The number of aliphatic hydroxyl groups is 1. The van der Waals surface area contributed by atoms with Gasteiger partial charge in [0.25, 0.3) is 0 Å². The molecular weight excluding hydrogens is 494 g/mol. The van der Waals surface area contributed by atoms with Gasteiger partial charge in [0.1, 0.15) is 0 Å². The van der Waals surface area contributed by atoms with E-state index in [9.17, 15) is 19.5 Å². The van der Waals surface area contributed by atoms with Crippen LogP contribution in [0.25, 0.3) is 0 Å². The maximum atomic E-state index is 13.2. The lowest BCUT2D eigenvalue weighted by atomic mass is 9.81. The number of fused-ring (bicyclic) bond motifs is 1. The van der Waals surface area contributed by atoms with Crippen LogP contribution in [0.15, 0.2) is 18.2 Å². The minimum Gasteiger partial charge on any atom is -0.369 e. The van der Waals surface area contributed by atoms with Crippen LogP contribution in [0, 0.1) is 17.8 Å². The van der Waals surface area contributed by atoms with Crippen LogP contribution in [0.1, 0.15) is 81.6 Å². The first-order chi connectivity index (χ1) is 18.9. The Labute approximate surface area is 232 Å². The van der Waals surface area contributed by atoms with Crippen molar-refractivity contribution in [3.63, 3.8) is 0 Å². The van der Waals surface area contributed by atoms with Crippen molar-refractivity contribution in [3.8, 4) is 0 Å². The number of hydrogen-bond donors (Lipinski definition) is 3. The lowest BCUT2D eigenvalue weighted by Gasteiger charge is -2.40. The maximum Gasteiger partial charge on any atom is 0.324 e. The van der Waals surface area contributed by atoms with E-state index >= 15 is 0 Å². The second-order valence-electron chi connectivity index (χ2n) is 12.1. The summed E-state index contributed by atoms with van der Waals surface area (Å²) in [4.78, 5) is 43.8. The van der Waals surface area contributed by atoms with Gasteiger partial charge >= 0.3 is 6.03 Å². The molecule has 0 radical (unpaired) electrons. The molecule has 0 spiro atoms. The van der Waals surface area contributed by atoms with Crippen LogP contribution in [-0.2, 0) is 9.59 Å². The number of urea groups is 1. The van der Waals surface area contributed by atoms with Gasteiger partial charge in [0, 0.05) is 50.1 Å². The van der Waals surface area contributed by atoms with Gasteiger partial charge in [0.05, 0.1) is 5.69 Å². The van der Waals surface area contributed by atoms with Crippen molar-refractivity contribution in [2.45, 2.75) is 70.4 Å². The molecule has 4 amide bonds. The number of benzene rings is 1. The van der Waals surface area contributed by atoms with E-state index in [1.807, 2.05) is 29.0 Å². The van der Waals surface area contributed by atoms with Gasteiger partial charge in [-0.3, -0.25) is 14.5 Å². The van der Waals surface area contributed by atoms with E-state index < -0.39 is 6.23 Å². The fourth-order valence-corrected chi connectivity index (χ4v) is 6.48. The number of rotatable bonds is 9. The zero-order valence-corrected chi connectivity index (χ0v) is 23.5. The predicted molar refractivity (Wildman–Crippen MR) is 150 cm³/mol. The molecule has 3 fully saturated rings. The predicted octanol–water partition coefficient (Wildman–Crippen LogP) is 3.52. The number of carbonyl (C=O) groups excluding carboxylic acids is 3. The van der Waals surface area contributed by atoms with Crippen molar-refractivity contribution >= 4 is 23.5 Å². The molecule has 214 valence electrons. The Morgan fingerprint density at radius 3 is 2.15 bits per heavy atom. The Bertz CT molecular complexity index is 1040. The summed E-state index contributed by atoms with van der Waals surface area (Å²) in [5.74, 6) is 1.36. The summed E-state index contributed by atoms with van der Waals surface area (Å²) < 4.78 is 0. The number of carbonyl (C=O) groups is 3. The Hall–Kier alpha value is -2.65. The van der Waals surface area contributed by atoms with E-state index in [2.05, 4.69) is 23.6 Å². The van der Waals surface area contributed by atoms with E-state index in [0.717, 1.165) is 63.5 Å². The molecule has 0 bridgehead atoms. The van der Waals surface area contributed by atoms with E-state index in [1.54, 1.807) is 4.90 Å². The van der Waals surface area contributed by atoms with E-state index in [4.69, 9.17) is 0 Å². The molecule has 2 aliphatic heterocycles. The molecule has 2 saturated carbocycles. The number of anilines is 1. The molecular formula is C30H45N5O4. The number of nitrogens with one attached hydrogen (secondary N) is 2. The molecule has 9 heteroatoms. The van der Waals surface area contributed by atoms with E-state index in [0.29, 0.717) is 44.3 Å². The molecule has 0 aromatic heterocycles. The normalized spacial score (nSPS) is 26.2. The molecule has 4 aliphatic rings. The van der Waals surface area contributed by atoms with Gasteiger partial charge < -0.3 is 25.5 Å². The molecule has 2 unspecified atom stereocenters. The third-order valence-electron chi connectivity index (χ3n) is 9.26. The second-order valence-corrected chi connectivity index (χ2v) is 12.1. The molecule has 5 rings (SSSR count). The highest BCUT2D eigenvalue weighted by Crippen LogP contribution is 2.37. The SMILES string of the molecule is CNCCCC(C)c1ccc2c(c1)C(O)N(CC1CCC(C(=O)N3CCN(C(=O)C4CC4)CC3)CC1)C(=O)N2. The molecule has 3 N–H and O–H groups in total. The highest BCUT2D eigenvalue weighted by Gasteiger charge is 2.38. The molecule has 2 atom stereocenters. The van der Waals surface area contributed by atoms with Gasteiger partial charge in [-0.1, -0.05) is 13.0 Å². The lowest BCUT2D eigenvalue weighted by molar-refractivity contribution is -0.143. The summed E-state index contributed by atoms with van der Waals surface area (Å²) in [6, 6.07) is 5.75. The van der Waals surface area contributed by atoms with E-state index in [1.165, 1.54) is 5.56 Å². The lowest BCUT2D eigenvalue weighted by Crippen LogP contribution is -2.52. The number of amides is 4. The quantitative estimate of drug-likeness (QED) is 0.417. The third-order valence-corrected chi connectivity index (χ3v) is 9.26. The zero-order valence-electron chi connectivity index (χ0n) is 23.5. The summed E-state index contributed by atoms with van der Waals surface area (Å²) in [5, 5.41) is 17.4. The Morgan fingerprint density at radius 2 is 1.59 bits per heavy atom. The van der Waals surface area contributed by atoms with Crippen LogP contribution in [0.2, 0.25) is 0 Å².